The fraction of sp³-hybridized carbons (Fsp3) is 0.158. The standard InChI is InChI=1S/C19H16N4O3/c24-17(20-12-5-6-13-11(9-12)10-18(25)22-13)8-7-16-19(26)23-15-4-2-1-3-14(15)21-16/h1-6,9H,7-8,10H2,(H,20,24)(H,22,25)(H,23,26). The Labute approximate surface area is 148 Å². The SMILES string of the molecule is O=C(CCc1nc2ccccc2[nH]c1=O)Nc1ccc2c(c1)CC(=O)N2. The van der Waals surface area contributed by atoms with Gasteiger partial charge in [-0.25, -0.2) is 4.98 Å². The first-order valence-corrected chi connectivity index (χ1v) is 8.29. The van der Waals surface area contributed by atoms with Crippen molar-refractivity contribution in [3.8, 4) is 0 Å². The number of aromatic nitrogens is 2. The predicted octanol–water partition coefficient (Wildman–Crippen LogP) is 1.99. The van der Waals surface area contributed by atoms with E-state index in [0.717, 1.165) is 11.3 Å². The number of hydrogen-bond acceptors (Lipinski definition) is 4. The van der Waals surface area contributed by atoms with Gasteiger partial charge in [-0.15, -0.1) is 0 Å². The fourth-order valence-corrected chi connectivity index (χ4v) is 3.00. The number of para-hydroxylation sites is 2. The molecule has 0 saturated heterocycles. The summed E-state index contributed by atoms with van der Waals surface area (Å²) in [5, 5.41) is 5.54. The highest BCUT2D eigenvalue weighted by Gasteiger charge is 2.18. The molecule has 2 amide bonds. The maximum atomic E-state index is 12.2. The van der Waals surface area contributed by atoms with Crippen LogP contribution in [0.3, 0.4) is 0 Å². The van der Waals surface area contributed by atoms with Gasteiger partial charge in [0, 0.05) is 24.2 Å². The van der Waals surface area contributed by atoms with Gasteiger partial charge in [0.15, 0.2) is 0 Å². The minimum atomic E-state index is -0.279. The van der Waals surface area contributed by atoms with Gasteiger partial charge in [-0.05, 0) is 35.9 Å². The van der Waals surface area contributed by atoms with Gasteiger partial charge in [0.2, 0.25) is 11.8 Å². The molecule has 4 rings (SSSR count). The lowest BCUT2D eigenvalue weighted by atomic mass is 10.1. The summed E-state index contributed by atoms with van der Waals surface area (Å²) in [6, 6.07) is 12.6. The molecule has 0 aliphatic carbocycles. The highest BCUT2D eigenvalue weighted by atomic mass is 16.2. The summed E-state index contributed by atoms with van der Waals surface area (Å²) in [4.78, 5) is 42.8. The molecule has 7 nitrogen and oxygen atoms in total. The summed E-state index contributed by atoms with van der Waals surface area (Å²) >= 11 is 0. The number of carbonyl (C=O) groups excluding carboxylic acids is 2. The van der Waals surface area contributed by atoms with Crippen LogP contribution in [-0.2, 0) is 22.4 Å². The molecule has 3 aromatic rings. The summed E-state index contributed by atoms with van der Waals surface area (Å²) in [5.41, 5.74) is 3.69. The highest BCUT2D eigenvalue weighted by molar-refractivity contribution is 6.00. The van der Waals surface area contributed by atoms with Gasteiger partial charge in [0.1, 0.15) is 5.69 Å². The van der Waals surface area contributed by atoms with E-state index in [2.05, 4.69) is 20.6 Å². The zero-order chi connectivity index (χ0) is 18.1. The van der Waals surface area contributed by atoms with Crippen LogP contribution in [0.2, 0.25) is 0 Å². The van der Waals surface area contributed by atoms with Crippen LogP contribution in [0.15, 0.2) is 47.3 Å². The first-order valence-electron chi connectivity index (χ1n) is 8.29. The Morgan fingerprint density at radius 3 is 2.88 bits per heavy atom. The maximum absolute atomic E-state index is 12.2. The van der Waals surface area contributed by atoms with Crippen molar-refractivity contribution >= 4 is 34.2 Å². The second-order valence-electron chi connectivity index (χ2n) is 6.17. The number of nitrogens with zero attached hydrogens (tertiary/aromatic N) is 1. The summed E-state index contributed by atoms with van der Waals surface area (Å²) in [6.45, 7) is 0. The lowest BCUT2D eigenvalue weighted by molar-refractivity contribution is -0.116. The molecule has 0 unspecified atom stereocenters. The zero-order valence-electron chi connectivity index (χ0n) is 13.8. The van der Waals surface area contributed by atoms with E-state index in [1.807, 2.05) is 18.2 Å². The third-order valence-electron chi connectivity index (χ3n) is 4.27. The van der Waals surface area contributed by atoms with Crippen LogP contribution in [0.25, 0.3) is 11.0 Å². The average molecular weight is 348 g/mol. The molecule has 0 atom stereocenters. The molecule has 0 saturated carbocycles. The third-order valence-corrected chi connectivity index (χ3v) is 4.27. The van der Waals surface area contributed by atoms with Crippen molar-refractivity contribution in [2.45, 2.75) is 19.3 Å². The number of aromatic amines is 1. The lowest BCUT2D eigenvalue weighted by Crippen LogP contribution is -2.19. The molecule has 130 valence electrons. The number of hydrogen-bond donors (Lipinski definition) is 3. The van der Waals surface area contributed by atoms with Crippen LogP contribution in [0, 0.1) is 0 Å². The Bertz CT molecular complexity index is 1090. The zero-order valence-corrected chi connectivity index (χ0v) is 13.8. The number of fused-ring (bicyclic) bond motifs is 2. The van der Waals surface area contributed by atoms with Crippen molar-refractivity contribution < 1.29 is 9.59 Å². The van der Waals surface area contributed by atoms with E-state index in [1.54, 1.807) is 24.3 Å². The van der Waals surface area contributed by atoms with Crippen LogP contribution < -0.4 is 16.2 Å². The van der Waals surface area contributed by atoms with Crippen molar-refractivity contribution in [1.82, 2.24) is 9.97 Å². The number of carbonyl (C=O) groups is 2. The second-order valence-corrected chi connectivity index (χ2v) is 6.17. The van der Waals surface area contributed by atoms with Gasteiger partial charge in [0.25, 0.3) is 5.56 Å². The fourth-order valence-electron chi connectivity index (χ4n) is 3.00. The van der Waals surface area contributed by atoms with E-state index < -0.39 is 0 Å². The Morgan fingerprint density at radius 1 is 1.15 bits per heavy atom. The monoisotopic (exact) mass is 348 g/mol. The van der Waals surface area contributed by atoms with Crippen LogP contribution in [0.1, 0.15) is 17.7 Å². The molecule has 26 heavy (non-hydrogen) atoms. The summed E-state index contributed by atoms with van der Waals surface area (Å²) in [6.07, 6.45) is 0.703. The largest absolute Gasteiger partial charge is 0.326 e. The first-order chi connectivity index (χ1) is 12.6. The van der Waals surface area contributed by atoms with Crippen molar-refractivity contribution in [1.29, 1.82) is 0 Å². The van der Waals surface area contributed by atoms with E-state index in [0.29, 0.717) is 28.8 Å². The Morgan fingerprint density at radius 2 is 2.00 bits per heavy atom. The molecule has 1 aromatic heterocycles. The van der Waals surface area contributed by atoms with Gasteiger partial charge in [0.05, 0.1) is 17.5 Å². The summed E-state index contributed by atoms with van der Waals surface area (Å²) < 4.78 is 0. The predicted molar refractivity (Wildman–Crippen MR) is 98.1 cm³/mol. The third kappa shape index (κ3) is 3.19. The van der Waals surface area contributed by atoms with E-state index >= 15 is 0 Å². The van der Waals surface area contributed by atoms with Gasteiger partial charge < -0.3 is 15.6 Å². The molecule has 0 spiro atoms. The number of aryl methyl sites for hydroxylation is 1. The smallest absolute Gasteiger partial charge is 0.270 e. The first kappa shape index (κ1) is 16.0. The number of nitrogens with one attached hydrogen (secondary N) is 3. The van der Waals surface area contributed by atoms with Crippen molar-refractivity contribution in [2.24, 2.45) is 0 Å². The van der Waals surface area contributed by atoms with Crippen LogP contribution in [-0.4, -0.2) is 21.8 Å². The van der Waals surface area contributed by atoms with Crippen LogP contribution >= 0.6 is 0 Å². The van der Waals surface area contributed by atoms with Gasteiger partial charge in [-0.2, -0.15) is 0 Å². The Balaban J connectivity index is 1.43. The molecule has 0 bridgehead atoms. The molecule has 7 heteroatoms. The van der Waals surface area contributed by atoms with E-state index in [1.165, 1.54) is 0 Å². The lowest BCUT2D eigenvalue weighted by Gasteiger charge is -2.07. The Hall–Kier alpha value is -3.48. The molecule has 2 aromatic carbocycles. The molecule has 2 heterocycles. The van der Waals surface area contributed by atoms with E-state index in [-0.39, 0.29) is 30.2 Å². The summed E-state index contributed by atoms with van der Waals surface area (Å²) in [7, 11) is 0. The second kappa shape index (κ2) is 6.44. The number of rotatable bonds is 4. The van der Waals surface area contributed by atoms with E-state index in [9.17, 15) is 14.4 Å². The van der Waals surface area contributed by atoms with Crippen LogP contribution in [0.4, 0.5) is 11.4 Å². The quantitative estimate of drug-likeness (QED) is 0.671. The molecule has 3 N–H and O–H groups in total. The average Bonchev–Trinajstić information content (AvgIpc) is 2.99. The minimum absolute atomic E-state index is 0.0509. The number of H-pyrrole nitrogens is 1. The minimum Gasteiger partial charge on any atom is -0.326 e. The highest BCUT2D eigenvalue weighted by Crippen LogP contribution is 2.26. The molecular weight excluding hydrogens is 332 g/mol. The van der Waals surface area contributed by atoms with Crippen molar-refractivity contribution in [3.05, 3.63) is 64.1 Å². The maximum Gasteiger partial charge on any atom is 0.270 e. The summed E-state index contributed by atoms with van der Waals surface area (Å²) in [5.74, 6) is -0.262. The van der Waals surface area contributed by atoms with Gasteiger partial charge in [-0.3, -0.25) is 14.4 Å². The van der Waals surface area contributed by atoms with E-state index in [4.69, 9.17) is 0 Å². The van der Waals surface area contributed by atoms with Crippen molar-refractivity contribution in [3.63, 3.8) is 0 Å². The van der Waals surface area contributed by atoms with Gasteiger partial charge >= 0.3 is 0 Å². The van der Waals surface area contributed by atoms with Gasteiger partial charge in [-0.1, -0.05) is 12.1 Å². The molecule has 0 fully saturated rings. The Kier molecular flexibility index (Phi) is 3.96. The van der Waals surface area contributed by atoms with Crippen molar-refractivity contribution in [2.75, 3.05) is 10.6 Å². The molecule has 1 aliphatic heterocycles. The van der Waals surface area contributed by atoms with Crippen LogP contribution in [0.5, 0.6) is 0 Å². The molecule has 0 radical (unpaired) electrons. The topological polar surface area (TPSA) is 104 Å². The normalized spacial score (nSPS) is 12.7. The number of anilines is 2. The number of benzene rings is 2. The number of amides is 2. The molecule has 1 aliphatic rings. The molecular formula is C19H16N4O3.